The van der Waals surface area contributed by atoms with Gasteiger partial charge in [-0.15, -0.1) is 0 Å². The van der Waals surface area contributed by atoms with Crippen LogP contribution in [0.15, 0.2) is 24.3 Å². The first kappa shape index (κ1) is 11.5. The lowest BCUT2D eigenvalue weighted by Crippen LogP contribution is -2.35. The molecular formula is C13H17F2N. The second kappa shape index (κ2) is 5.39. The zero-order valence-electron chi connectivity index (χ0n) is 9.26. The smallest absolute Gasteiger partial charge is 0.263 e. The Morgan fingerprint density at radius 1 is 1.31 bits per heavy atom. The second-order valence-corrected chi connectivity index (χ2v) is 4.40. The first-order valence-electron chi connectivity index (χ1n) is 5.86. The van der Waals surface area contributed by atoms with Gasteiger partial charge in [0.25, 0.3) is 6.43 Å². The van der Waals surface area contributed by atoms with Crippen LogP contribution in [0.2, 0.25) is 0 Å². The van der Waals surface area contributed by atoms with E-state index >= 15 is 0 Å². The highest BCUT2D eigenvalue weighted by atomic mass is 19.3. The average molecular weight is 225 g/mol. The van der Waals surface area contributed by atoms with Gasteiger partial charge in [0.15, 0.2) is 0 Å². The Morgan fingerprint density at radius 3 is 2.88 bits per heavy atom. The summed E-state index contributed by atoms with van der Waals surface area (Å²) < 4.78 is 25.0. The Labute approximate surface area is 94.9 Å². The van der Waals surface area contributed by atoms with Gasteiger partial charge in [-0.3, -0.25) is 0 Å². The Morgan fingerprint density at radius 2 is 2.19 bits per heavy atom. The van der Waals surface area contributed by atoms with Crippen LogP contribution >= 0.6 is 0 Å². The molecule has 1 aliphatic heterocycles. The highest BCUT2D eigenvalue weighted by Gasteiger charge is 2.14. The zero-order chi connectivity index (χ0) is 11.4. The van der Waals surface area contributed by atoms with Crippen LogP contribution < -0.4 is 5.32 Å². The lowest BCUT2D eigenvalue weighted by Gasteiger charge is -2.23. The van der Waals surface area contributed by atoms with E-state index in [1.165, 1.54) is 18.9 Å². The average Bonchev–Trinajstić information content (AvgIpc) is 2.30. The summed E-state index contributed by atoms with van der Waals surface area (Å²) in [5, 5.41) is 3.43. The van der Waals surface area contributed by atoms with Crippen molar-refractivity contribution >= 4 is 0 Å². The number of alkyl halides is 2. The molecule has 1 saturated heterocycles. The van der Waals surface area contributed by atoms with Gasteiger partial charge in [-0.1, -0.05) is 30.7 Å². The minimum absolute atomic E-state index is 0.133. The van der Waals surface area contributed by atoms with E-state index in [0.717, 1.165) is 24.9 Å². The Hall–Kier alpha value is -0.960. The molecule has 0 aliphatic carbocycles. The number of rotatable bonds is 3. The number of hydrogen-bond acceptors (Lipinski definition) is 1. The van der Waals surface area contributed by atoms with Gasteiger partial charge in [-0.05, 0) is 31.4 Å². The van der Waals surface area contributed by atoms with Crippen molar-refractivity contribution in [2.24, 2.45) is 0 Å². The second-order valence-electron chi connectivity index (χ2n) is 4.40. The lowest BCUT2D eigenvalue weighted by molar-refractivity contribution is 0.151. The van der Waals surface area contributed by atoms with Crippen LogP contribution in [0.1, 0.15) is 36.8 Å². The highest BCUT2D eigenvalue weighted by molar-refractivity contribution is 5.25. The van der Waals surface area contributed by atoms with Crippen molar-refractivity contribution in [2.75, 3.05) is 6.54 Å². The standard InChI is InChI=1S/C13H17F2N/c14-13(15)11-5-3-4-10(8-11)9-12-6-1-2-7-16-12/h3-5,8,12-13,16H,1-2,6-7,9H2. The molecular weight excluding hydrogens is 208 g/mol. The fourth-order valence-electron chi connectivity index (χ4n) is 2.24. The fourth-order valence-corrected chi connectivity index (χ4v) is 2.24. The van der Waals surface area contributed by atoms with E-state index in [1.807, 2.05) is 6.07 Å². The summed E-state index contributed by atoms with van der Waals surface area (Å²) in [7, 11) is 0. The molecule has 1 aliphatic rings. The summed E-state index contributed by atoms with van der Waals surface area (Å²) in [5.41, 5.74) is 1.14. The fraction of sp³-hybridized carbons (Fsp3) is 0.538. The molecule has 0 bridgehead atoms. The molecule has 1 unspecified atom stereocenters. The monoisotopic (exact) mass is 225 g/mol. The van der Waals surface area contributed by atoms with Crippen molar-refractivity contribution in [3.63, 3.8) is 0 Å². The molecule has 2 rings (SSSR count). The number of hydrogen-bond donors (Lipinski definition) is 1. The van der Waals surface area contributed by atoms with Crippen LogP contribution in [0.25, 0.3) is 0 Å². The first-order valence-corrected chi connectivity index (χ1v) is 5.86. The van der Waals surface area contributed by atoms with Gasteiger partial charge in [-0.25, -0.2) is 8.78 Å². The zero-order valence-corrected chi connectivity index (χ0v) is 9.26. The highest BCUT2D eigenvalue weighted by Crippen LogP contribution is 2.21. The van der Waals surface area contributed by atoms with E-state index < -0.39 is 6.43 Å². The van der Waals surface area contributed by atoms with Crippen LogP contribution in [-0.4, -0.2) is 12.6 Å². The van der Waals surface area contributed by atoms with Crippen molar-refractivity contribution in [2.45, 2.75) is 38.2 Å². The molecule has 0 spiro atoms. The van der Waals surface area contributed by atoms with E-state index in [4.69, 9.17) is 0 Å². The Balaban J connectivity index is 2.00. The number of halogens is 2. The summed E-state index contributed by atoms with van der Waals surface area (Å²) in [6.07, 6.45) is 2.12. The van der Waals surface area contributed by atoms with Crippen molar-refractivity contribution in [1.82, 2.24) is 5.32 Å². The molecule has 0 saturated carbocycles. The summed E-state index contributed by atoms with van der Waals surface area (Å²) >= 11 is 0. The number of benzene rings is 1. The Kier molecular flexibility index (Phi) is 3.88. The summed E-state index contributed by atoms with van der Waals surface area (Å²) in [6.45, 7) is 1.05. The third-order valence-corrected chi connectivity index (χ3v) is 3.10. The van der Waals surface area contributed by atoms with Gasteiger partial charge in [0.1, 0.15) is 0 Å². The number of nitrogens with one attached hydrogen (secondary N) is 1. The summed E-state index contributed by atoms with van der Waals surface area (Å²) in [6, 6.07) is 7.23. The largest absolute Gasteiger partial charge is 0.314 e. The third-order valence-electron chi connectivity index (χ3n) is 3.10. The molecule has 3 heteroatoms. The van der Waals surface area contributed by atoms with E-state index in [1.54, 1.807) is 12.1 Å². The topological polar surface area (TPSA) is 12.0 Å². The molecule has 1 aromatic rings. The van der Waals surface area contributed by atoms with Crippen molar-refractivity contribution in [1.29, 1.82) is 0 Å². The van der Waals surface area contributed by atoms with Crippen molar-refractivity contribution in [3.05, 3.63) is 35.4 Å². The predicted octanol–water partition coefficient (Wildman–Crippen LogP) is 3.31. The van der Waals surface area contributed by atoms with Gasteiger partial charge in [0.05, 0.1) is 0 Å². The van der Waals surface area contributed by atoms with Gasteiger partial charge in [0, 0.05) is 11.6 Å². The quantitative estimate of drug-likeness (QED) is 0.832. The van der Waals surface area contributed by atoms with Gasteiger partial charge in [-0.2, -0.15) is 0 Å². The first-order chi connectivity index (χ1) is 7.75. The third kappa shape index (κ3) is 3.01. The van der Waals surface area contributed by atoms with E-state index in [9.17, 15) is 8.78 Å². The van der Waals surface area contributed by atoms with E-state index in [-0.39, 0.29) is 5.56 Å². The lowest BCUT2D eigenvalue weighted by atomic mass is 9.97. The molecule has 0 radical (unpaired) electrons. The van der Waals surface area contributed by atoms with Gasteiger partial charge in [0.2, 0.25) is 0 Å². The van der Waals surface area contributed by atoms with Crippen molar-refractivity contribution in [3.8, 4) is 0 Å². The van der Waals surface area contributed by atoms with Crippen LogP contribution in [0.4, 0.5) is 8.78 Å². The molecule has 1 aromatic carbocycles. The maximum Gasteiger partial charge on any atom is 0.263 e. The number of piperidine rings is 1. The molecule has 88 valence electrons. The normalized spacial score (nSPS) is 21.3. The SMILES string of the molecule is FC(F)c1cccc(CC2CCCCN2)c1. The summed E-state index contributed by atoms with van der Waals surface area (Å²) in [4.78, 5) is 0. The van der Waals surface area contributed by atoms with Crippen LogP contribution in [0, 0.1) is 0 Å². The summed E-state index contributed by atoms with van der Waals surface area (Å²) in [5.74, 6) is 0. The van der Waals surface area contributed by atoms with E-state index in [2.05, 4.69) is 5.32 Å². The molecule has 0 amide bonds. The molecule has 1 fully saturated rings. The van der Waals surface area contributed by atoms with Crippen LogP contribution in [0.3, 0.4) is 0 Å². The maximum atomic E-state index is 12.5. The van der Waals surface area contributed by atoms with Crippen molar-refractivity contribution < 1.29 is 8.78 Å². The molecule has 16 heavy (non-hydrogen) atoms. The predicted molar refractivity (Wildman–Crippen MR) is 60.7 cm³/mol. The van der Waals surface area contributed by atoms with Crippen LogP contribution in [0.5, 0.6) is 0 Å². The van der Waals surface area contributed by atoms with Gasteiger partial charge < -0.3 is 5.32 Å². The minimum atomic E-state index is -2.36. The molecule has 1 atom stereocenters. The minimum Gasteiger partial charge on any atom is -0.314 e. The molecule has 0 aromatic heterocycles. The van der Waals surface area contributed by atoms with E-state index in [0.29, 0.717) is 6.04 Å². The maximum absolute atomic E-state index is 12.5. The molecule has 1 heterocycles. The van der Waals surface area contributed by atoms with Crippen LogP contribution in [-0.2, 0) is 6.42 Å². The molecule has 1 N–H and O–H groups in total. The Bertz CT molecular complexity index is 332. The van der Waals surface area contributed by atoms with Gasteiger partial charge >= 0.3 is 0 Å². The molecule has 1 nitrogen and oxygen atoms in total.